The number of alkyl halides is 3. The van der Waals surface area contributed by atoms with E-state index in [1.807, 2.05) is 12.1 Å². The van der Waals surface area contributed by atoms with Crippen LogP contribution >= 0.6 is 0 Å². The number of carbonyl (C=O) groups is 1. The molecule has 0 spiro atoms. The van der Waals surface area contributed by atoms with E-state index < -0.39 is 17.8 Å². The van der Waals surface area contributed by atoms with Gasteiger partial charge in [0.2, 0.25) is 0 Å². The Morgan fingerprint density at radius 2 is 1.54 bits per heavy atom. The van der Waals surface area contributed by atoms with Gasteiger partial charge in [0.15, 0.2) is 0 Å². The molecule has 2 aromatic carbocycles. The number of amides is 2. The number of rotatable bonds is 3. The first-order chi connectivity index (χ1) is 12.4. The molecule has 0 saturated heterocycles. The zero-order chi connectivity index (χ0) is 18.6. The van der Waals surface area contributed by atoms with Crippen molar-refractivity contribution in [2.75, 3.05) is 10.6 Å². The van der Waals surface area contributed by atoms with E-state index in [2.05, 4.69) is 10.6 Å². The van der Waals surface area contributed by atoms with Crippen molar-refractivity contribution in [3.8, 4) is 0 Å². The molecule has 1 saturated carbocycles. The Bertz CT molecular complexity index is 750. The maximum atomic E-state index is 13.0. The van der Waals surface area contributed by atoms with Crippen LogP contribution in [0.5, 0.6) is 0 Å². The number of para-hydroxylation sites is 1. The predicted molar refractivity (Wildman–Crippen MR) is 96.4 cm³/mol. The maximum Gasteiger partial charge on any atom is 0.418 e. The molecule has 0 atom stereocenters. The van der Waals surface area contributed by atoms with Crippen LogP contribution in [0.25, 0.3) is 0 Å². The summed E-state index contributed by atoms with van der Waals surface area (Å²) in [4.78, 5) is 12.1. The first kappa shape index (κ1) is 18.3. The van der Waals surface area contributed by atoms with E-state index in [-0.39, 0.29) is 5.69 Å². The van der Waals surface area contributed by atoms with Gasteiger partial charge in [-0.05, 0) is 48.6 Å². The molecular weight excluding hydrogens is 341 g/mol. The summed E-state index contributed by atoms with van der Waals surface area (Å²) < 4.78 is 38.9. The second-order valence-electron chi connectivity index (χ2n) is 6.58. The van der Waals surface area contributed by atoms with Crippen LogP contribution in [0.2, 0.25) is 0 Å². The summed E-state index contributed by atoms with van der Waals surface area (Å²) in [5.74, 6) is 0.560. The molecule has 0 heterocycles. The van der Waals surface area contributed by atoms with E-state index in [4.69, 9.17) is 0 Å². The maximum absolute atomic E-state index is 13.0. The smallest absolute Gasteiger partial charge is 0.308 e. The fraction of sp³-hybridized carbons (Fsp3) is 0.350. The number of halogens is 3. The lowest BCUT2D eigenvalue weighted by atomic mass is 9.84. The molecule has 0 radical (unpaired) electrons. The van der Waals surface area contributed by atoms with Crippen molar-refractivity contribution in [3.63, 3.8) is 0 Å². The van der Waals surface area contributed by atoms with Gasteiger partial charge in [-0.15, -0.1) is 0 Å². The molecule has 6 heteroatoms. The average molecular weight is 362 g/mol. The number of urea groups is 1. The Labute approximate surface area is 150 Å². The van der Waals surface area contributed by atoms with Crippen LogP contribution in [0, 0.1) is 0 Å². The number of hydrogen-bond donors (Lipinski definition) is 2. The Morgan fingerprint density at radius 3 is 2.19 bits per heavy atom. The number of hydrogen-bond acceptors (Lipinski definition) is 1. The number of carbonyl (C=O) groups excluding carboxylic acids is 1. The van der Waals surface area contributed by atoms with Crippen LogP contribution in [0.1, 0.15) is 49.1 Å². The molecule has 1 aliphatic rings. The van der Waals surface area contributed by atoms with Gasteiger partial charge in [-0.1, -0.05) is 43.5 Å². The average Bonchev–Trinajstić information content (AvgIpc) is 2.62. The summed E-state index contributed by atoms with van der Waals surface area (Å²) in [6.07, 6.45) is 1.61. The van der Waals surface area contributed by atoms with Crippen molar-refractivity contribution in [1.29, 1.82) is 0 Å². The zero-order valence-electron chi connectivity index (χ0n) is 14.3. The van der Waals surface area contributed by atoms with Gasteiger partial charge in [-0.2, -0.15) is 13.2 Å². The second kappa shape index (κ2) is 7.81. The highest BCUT2D eigenvalue weighted by atomic mass is 19.4. The van der Waals surface area contributed by atoms with E-state index in [0.29, 0.717) is 11.6 Å². The summed E-state index contributed by atoms with van der Waals surface area (Å²) >= 11 is 0. The molecule has 3 nitrogen and oxygen atoms in total. The molecule has 1 aliphatic carbocycles. The lowest BCUT2D eigenvalue weighted by Gasteiger charge is -2.22. The van der Waals surface area contributed by atoms with E-state index in [9.17, 15) is 18.0 Å². The molecule has 0 unspecified atom stereocenters. The van der Waals surface area contributed by atoms with Gasteiger partial charge in [0.25, 0.3) is 0 Å². The standard InChI is InChI=1S/C20H21F3N2O/c21-20(22,23)17-8-4-5-9-18(17)25-19(26)24-16-12-10-15(11-13-16)14-6-2-1-3-7-14/h4-5,8-14H,1-3,6-7H2,(H2,24,25,26). The van der Waals surface area contributed by atoms with Crippen LogP contribution in [-0.2, 0) is 6.18 Å². The lowest BCUT2D eigenvalue weighted by molar-refractivity contribution is -0.136. The molecule has 138 valence electrons. The van der Waals surface area contributed by atoms with E-state index >= 15 is 0 Å². The van der Waals surface area contributed by atoms with E-state index in [0.717, 1.165) is 6.07 Å². The van der Waals surface area contributed by atoms with Gasteiger partial charge in [-0.25, -0.2) is 4.79 Å². The van der Waals surface area contributed by atoms with Crippen molar-refractivity contribution < 1.29 is 18.0 Å². The summed E-state index contributed by atoms with van der Waals surface area (Å²) in [6.45, 7) is 0. The summed E-state index contributed by atoms with van der Waals surface area (Å²) in [6, 6.07) is 11.7. The van der Waals surface area contributed by atoms with Gasteiger partial charge < -0.3 is 10.6 Å². The molecule has 2 amide bonds. The van der Waals surface area contributed by atoms with Crippen molar-refractivity contribution in [1.82, 2.24) is 0 Å². The Morgan fingerprint density at radius 1 is 0.885 bits per heavy atom. The third kappa shape index (κ3) is 4.56. The topological polar surface area (TPSA) is 41.1 Å². The van der Waals surface area contributed by atoms with Gasteiger partial charge in [-0.3, -0.25) is 0 Å². The van der Waals surface area contributed by atoms with E-state index in [1.165, 1.54) is 55.9 Å². The van der Waals surface area contributed by atoms with Crippen LogP contribution < -0.4 is 10.6 Å². The molecule has 1 fully saturated rings. The Kier molecular flexibility index (Phi) is 5.49. The Hall–Kier alpha value is -2.50. The van der Waals surface area contributed by atoms with Crippen molar-refractivity contribution in [3.05, 3.63) is 59.7 Å². The van der Waals surface area contributed by atoms with Gasteiger partial charge in [0, 0.05) is 5.69 Å². The highest BCUT2D eigenvalue weighted by molar-refractivity contribution is 6.00. The monoisotopic (exact) mass is 362 g/mol. The molecule has 0 aromatic heterocycles. The van der Waals surface area contributed by atoms with Crippen LogP contribution in [0.3, 0.4) is 0 Å². The van der Waals surface area contributed by atoms with Crippen molar-refractivity contribution in [2.24, 2.45) is 0 Å². The highest BCUT2D eigenvalue weighted by Gasteiger charge is 2.33. The minimum Gasteiger partial charge on any atom is -0.308 e. The van der Waals surface area contributed by atoms with Crippen LogP contribution in [0.4, 0.5) is 29.3 Å². The largest absolute Gasteiger partial charge is 0.418 e. The quantitative estimate of drug-likeness (QED) is 0.652. The fourth-order valence-corrected chi connectivity index (χ4v) is 3.40. The first-order valence-corrected chi connectivity index (χ1v) is 8.77. The molecule has 2 N–H and O–H groups in total. The van der Waals surface area contributed by atoms with Crippen molar-refractivity contribution in [2.45, 2.75) is 44.2 Å². The minimum absolute atomic E-state index is 0.267. The SMILES string of the molecule is O=C(Nc1ccc(C2CCCCC2)cc1)Nc1ccccc1C(F)(F)F. The normalized spacial score (nSPS) is 15.5. The van der Waals surface area contributed by atoms with Crippen molar-refractivity contribution >= 4 is 17.4 Å². The second-order valence-corrected chi connectivity index (χ2v) is 6.58. The van der Waals surface area contributed by atoms with E-state index in [1.54, 1.807) is 12.1 Å². The fourth-order valence-electron chi connectivity index (χ4n) is 3.40. The van der Waals surface area contributed by atoms with Crippen LogP contribution in [0.15, 0.2) is 48.5 Å². The molecule has 2 aromatic rings. The highest BCUT2D eigenvalue weighted by Crippen LogP contribution is 2.35. The summed E-state index contributed by atoms with van der Waals surface area (Å²) in [5.41, 5.74) is 0.656. The molecule has 0 bridgehead atoms. The third-order valence-corrected chi connectivity index (χ3v) is 4.73. The van der Waals surface area contributed by atoms with Gasteiger partial charge in [0.1, 0.15) is 0 Å². The van der Waals surface area contributed by atoms with Crippen LogP contribution in [-0.4, -0.2) is 6.03 Å². The number of benzene rings is 2. The number of anilines is 2. The Balaban J connectivity index is 1.64. The van der Waals surface area contributed by atoms with Gasteiger partial charge >= 0.3 is 12.2 Å². The zero-order valence-corrected chi connectivity index (χ0v) is 14.3. The molecule has 26 heavy (non-hydrogen) atoms. The third-order valence-electron chi connectivity index (χ3n) is 4.73. The first-order valence-electron chi connectivity index (χ1n) is 8.77. The molecule has 0 aliphatic heterocycles. The number of nitrogens with one attached hydrogen (secondary N) is 2. The summed E-state index contributed by atoms with van der Waals surface area (Å²) in [7, 11) is 0. The molecule has 3 rings (SSSR count). The lowest BCUT2D eigenvalue weighted by Crippen LogP contribution is -2.21. The minimum atomic E-state index is -4.52. The predicted octanol–water partition coefficient (Wildman–Crippen LogP) is 6.40. The summed E-state index contributed by atoms with van der Waals surface area (Å²) in [5, 5.41) is 4.86. The molecular formula is C20H21F3N2O. The van der Waals surface area contributed by atoms with Gasteiger partial charge in [0.05, 0.1) is 11.3 Å².